The molecule has 2 atom stereocenters. The lowest BCUT2D eigenvalue weighted by atomic mass is 9.86. The summed E-state index contributed by atoms with van der Waals surface area (Å²) in [6.07, 6.45) is 1.56. The molecule has 138 valence electrons. The largest absolute Gasteiger partial charge is 0.356 e. The Bertz CT molecular complexity index is 620. The molecule has 1 fully saturated rings. The second-order valence-corrected chi connectivity index (χ2v) is 8.18. The summed E-state index contributed by atoms with van der Waals surface area (Å²) >= 11 is 0. The van der Waals surface area contributed by atoms with E-state index in [-0.39, 0.29) is 29.1 Å². The van der Waals surface area contributed by atoms with Gasteiger partial charge in [-0.15, -0.1) is 0 Å². The molecule has 2 rings (SSSR count). The molecule has 1 aromatic rings. The Morgan fingerprint density at radius 3 is 2.40 bits per heavy atom. The van der Waals surface area contributed by atoms with Crippen molar-refractivity contribution in [3.05, 3.63) is 29.8 Å². The molecular weight excluding hydrogens is 314 g/mol. The molecule has 0 aromatic heterocycles. The summed E-state index contributed by atoms with van der Waals surface area (Å²) in [7, 11) is 4.02. The number of anilines is 1. The van der Waals surface area contributed by atoms with Gasteiger partial charge in [0.15, 0.2) is 0 Å². The molecule has 1 saturated carbocycles. The zero-order valence-corrected chi connectivity index (χ0v) is 16.1. The van der Waals surface area contributed by atoms with E-state index in [4.69, 9.17) is 0 Å². The highest BCUT2D eigenvalue weighted by Gasteiger charge is 2.48. The van der Waals surface area contributed by atoms with E-state index in [0.29, 0.717) is 13.0 Å². The SMILES string of the molecule is CN(C)CCCNC(=O)C1CC1C(=O)Nc1ccccc1C(C)(C)C. The minimum absolute atomic E-state index is 0.00279. The number of hydrogen-bond donors (Lipinski definition) is 2. The third-order valence-corrected chi connectivity index (χ3v) is 4.54. The molecule has 5 nitrogen and oxygen atoms in total. The second kappa shape index (κ2) is 8.00. The molecule has 5 heteroatoms. The molecule has 1 aliphatic carbocycles. The number of carbonyl (C=O) groups is 2. The molecule has 25 heavy (non-hydrogen) atoms. The van der Waals surface area contributed by atoms with Crippen molar-refractivity contribution in [2.45, 2.75) is 39.0 Å². The lowest BCUT2D eigenvalue weighted by molar-refractivity contribution is -0.125. The van der Waals surface area contributed by atoms with Crippen LogP contribution in [0.5, 0.6) is 0 Å². The summed E-state index contributed by atoms with van der Waals surface area (Å²) in [5.41, 5.74) is 1.90. The van der Waals surface area contributed by atoms with Crippen LogP contribution < -0.4 is 10.6 Å². The number of para-hydroxylation sites is 1. The van der Waals surface area contributed by atoms with Crippen LogP contribution in [-0.4, -0.2) is 43.9 Å². The van der Waals surface area contributed by atoms with E-state index < -0.39 is 0 Å². The topological polar surface area (TPSA) is 61.4 Å². The first-order valence-corrected chi connectivity index (χ1v) is 9.03. The number of benzene rings is 1. The highest BCUT2D eigenvalue weighted by Crippen LogP contribution is 2.40. The van der Waals surface area contributed by atoms with Crippen LogP contribution >= 0.6 is 0 Å². The van der Waals surface area contributed by atoms with Gasteiger partial charge in [0.1, 0.15) is 0 Å². The fourth-order valence-electron chi connectivity index (χ4n) is 2.98. The van der Waals surface area contributed by atoms with Crippen LogP contribution in [0.25, 0.3) is 0 Å². The van der Waals surface area contributed by atoms with Gasteiger partial charge < -0.3 is 15.5 Å². The van der Waals surface area contributed by atoms with E-state index in [2.05, 4.69) is 36.3 Å². The maximum Gasteiger partial charge on any atom is 0.228 e. The highest BCUT2D eigenvalue weighted by molar-refractivity contribution is 6.00. The van der Waals surface area contributed by atoms with Crippen LogP contribution in [0.4, 0.5) is 5.69 Å². The van der Waals surface area contributed by atoms with E-state index in [1.165, 1.54) is 0 Å². The van der Waals surface area contributed by atoms with Gasteiger partial charge in [-0.2, -0.15) is 0 Å². The van der Waals surface area contributed by atoms with Gasteiger partial charge in [0.2, 0.25) is 11.8 Å². The average Bonchev–Trinajstić information content (AvgIpc) is 3.31. The fourth-order valence-corrected chi connectivity index (χ4v) is 2.98. The molecule has 0 radical (unpaired) electrons. The fraction of sp³-hybridized carbons (Fsp3) is 0.600. The predicted octanol–water partition coefficient (Wildman–Crippen LogP) is 2.63. The number of hydrogen-bond acceptors (Lipinski definition) is 3. The van der Waals surface area contributed by atoms with Gasteiger partial charge >= 0.3 is 0 Å². The van der Waals surface area contributed by atoms with Gasteiger partial charge in [0, 0.05) is 12.2 Å². The van der Waals surface area contributed by atoms with Crippen LogP contribution in [0.15, 0.2) is 24.3 Å². The Kier molecular flexibility index (Phi) is 6.22. The number of nitrogens with zero attached hydrogens (tertiary/aromatic N) is 1. The molecule has 1 aliphatic rings. The van der Waals surface area contributed by atoms with E-state index in [1.807, 2.05) is 38.4 Å². The predicted molar refractivity (Wildman–Crippen MR) is 102 cm³/mol. The molecule has 0 heterocycles. The van der Waals surface area contributed by atoms with E-state index in [0.717, 1.165) is 24.2 Å². The molecule has 0 spiro atoms. The van der Waals surface area contributed by atoms with Crippen LogP contribution in [-0.2, 0) is 15.0 Å². The summed E-state index contributed by atoms with van der Waals surface area (Å²) in [6.45, 7) is 7.98. The van der Waals surface area contributed by atoms with Crippen molar-refractivity contribution < 1.29 is 9.59 Å². The molecule has 2 N–H and O–H groups in total. The van der Waals surface area contributed by atoms with Crippen molar-refractivity contribution >= 4 is 17.5 Å². The Morgan fingerprint density at radius 2 is 1.76 bits per heavy atom. The lowest BCUT2D eigenvalue weighted by Gasteiger charge is -2.23. The standard InChI is InChI=1S/C20H31N3O2/c1-20(2,3)16-9-6-7-10-17(16)22-19(25)15-13-14(15)18(24)21-11-8-12-23(4)5/h6-7,9-10,14-15H,8,11-13H2,1-5H3,(H,21,24)(H,22,25). The highest BCUT2D eigenvalue weighted by atomic mass is 16.2. The number of nitrogens with one attached hydrogen (secondary N) is 2. The molecule has 1 aromatic carbocycles. The minimum Gasteiger partial charge on any atom is -0.356 e. The van der Waals surface area contributed by atoms with Crippen molar-refractivity contribution in [1.82, 2.24) is 10.2 Å². The first kappa shape index (κ1) is 19.4. The summed E-state index contributed by atoms with van der Waals surface area (Å²) in [5, 5.41) is 5.96. The molecule has 2 amide bonds. The molecule has 0 aliphatic heterocycles. The Morgan fingerprint density at radius 1 is 1.12 bits per heavy atom. The van der Waals surface area contributed by atoms with Crippen molar-refractivity contribution in [3.63, 3.8) is 0 Å². The van der Waals surface area contributed by atoms with Gasteiger partial charge in [0.25, 0.3) is 0 Å². The lowest BCUT2D eigenvalue weighted by Crippen LogP contribution is -2.30. The van der Waals surface area contributed by atoms with Crippen LogP contribution in [0.1, 0.15) is 39.2 Å². The molecule has 0 bridgehead atoms. The van der Waals surface area contributed by atoms with Gasteiger partial charge in [-0.25, -0.2) is 0 Å². The second-order valence-electron chi connectivity index (χ2n) is 8.18. The summed E-state index contributed by atoms with van der Waals surface area (Å²) < 4.78 is 0. The summed E-state index contributed by atoms with van der Waals surface area (Å²) in [4.78, 5) is 26.7. The number of carbonyl (C=O) groups excluding carboxylic acids is 2. The van der Waals surface area contributed by atoms with Crippen LogP contribution in [0.2, 0.25) is 0 Å². The van der Waals surface area contributed by atoms with E-state index in [9.17, 15) is 9.59 Å². The Hall–Kier alpha value is -1.88. The summed E-state index contributed by atoms with van der Waals surface area (Å²) in [5.74, 6) is -0.434. The van der Waals surface area contributed by atoms with Crippen LogP contribution in [0, 0.1) is 11.8 Å². The monoisotopic (exact) mass is 345 g/mol. The van der Waals surface area contributed by atoms with Gasteiger partial charge in [-0.3, -0.25) is 9.59 Å². The molecular formula is C20H31N3O2. The molecule has 2 unspecified atom stereocenters. The van der Waals surface area contributed by atoms with Gasteiger partial charge in [0.05, 0.1) is 11.8 Å². The van der Waals surface area contributed by atoms with Crippen molar-refractivity contribution in [2.24, 2.45) is 11.8 Å². The van der Waals surface area contributed by atoms with E-state index in [1.54, 1.807) is 0 Å². The minimum atomic E-state index is -0.207. The smallest absolute Gasteiger partial charge is 0.228 e. The number of amides is 2. The first-order chi connectivity index (χ1) is 11.7. The maximum atomic E-state index is 12.5. The van der Waals surface area contributed by atoms with Crippen molar-refractivity contribution in [1.29, 1.82) is 0 Å². The maximum absolute atomic E-state index is 12.5. The first-order valence-electron chi connectivity index (χ1n) is 9.03. The quantitative estimate of drug-likeness (QED) is 0.747. The normalized spacial score (nSPS) is 19.6. The van der Waals surface area contributed by atoms with E-state index >= 15 is 0 Å². The molecule has 0 saturated heterocycles. The average molecular weight is 345 g/mol. The van der Waals surface area contributed by atoms with Crippen molar-refractivity contribution in [3.8, 4) is 0 Å². The Balaban J connectivity index is 1.85. The number of rotatable bonds is 7. The summed E-state index contributed by atoms with van der Waals surface area (Å²) in [6, 6.07) is 7.87. The van der Waals surface area contributed by atoms with Crippen molar-refractivity contribution in [2.75, 3.05) is 32.5 Å². The zero-order chi connectivity index (χ0) is 18.6. The van der Waals surface area contributed by atoms with Crippen LogP contribution in [0.3, 0.4) is 0 Å². The van der Waals surface area contributed by atoms with Gasteiger partial charge in [-0.05, 0) is 50.5 Å². The third kappa shape index (κ3) is 5.56. The zero-order valence-electron chi connectivity index (χ0n) is 16.1. The third-order valence-electron chi connectivity index (χ3n) is 4.54. The van der Waals surface area contributed by atoms with Gasteiger partial charge in [-0.1, -0.05) is 39.0 Å². The Labute approximate surface area is 151 Å².